The minimum absolute atomic E-state index is 0.166. The van der Waals surface area contributed by atoms with E-state index < -0.39 is 17.9 Å². The van der Waals surface area contributed by atoms with E-state index >= 15 is 0 Å². The second-order valence-corrected chi connectivity index (χ2v) is 5.68. The van der Waals surface area contributed by atoms with Gasteiger partial charge in [-0.25, -0.2) is 4.79 Å². The van der Waals surface area contributed by atoms with Crippen molar-refractivity contribution in [2.45, 2.75) is 26.3 Å². The van der Waals surface area contributed by atoms with Crippen LogP contribution in [0.5, 0.6) is 5.75 Å². The molecule has 2 atom stereocenters. The summed E-state index contributed by atoms with van der Waals surface area (Å²) < 4.78 is 5.39. The van der Waals surface area contributed by atoms with E-state index in [1.807, 2.05) is 6.92 Å². The Morgan fingerprint density at radius 3 is 2.52 bits per heavy atom. The van der Waals surface area contributed by atoms with Crippen molar-refractivity contribution in [3.8, 4) is 17.1 Å². The maximum atomic E-state index is 11.9. The lowest BCUT2D eigenvalue weighted by Gasteiger charge is -2.20. The van der Waals surface area contributed by atoms with Crippen molar-refractivity contribution in [3.63, 3.8) is 0 Å². The van der Waals surface area contributed by atoms with E-state index in [1.165, 1.54) is 4.80 Å². The number of benzene rings is 1. The molecule has 2 rings (SSSR count). The first-order valence-corrected chi connectivity index (χ1v) is 7.90. The minimum Gasteiger partial charge on any atom is -0.484 e. The molecule has 0 saturated carbocycles. The highest BCUT2D eigenvalue weighted by molar-refractivity contribution is 5.84. The molecule has 1 aromatic heterocycles. The van der Waals surface area contributed by atoms with Crippen LogP contribution in [0.2, 0.25) is 0 Å². The number of aromatic nitrogens is 4. The Balaban J connectivity index is 1.90. The summed E-state index contributed by atoms with van der Waals surface area (Å²) in [5.74, 6) is -0.723. The molecule has 1 heterocycles. The second kappa shape index (κ2) is 8.22. The standard InChI is InChI=1S/C16H21N5O4/c1-4-10(2)14(16(23)24)17-13(22)9-25-12-7-5-11(6-8-12)15-18-20-21(3)19-15/h5-8,10,14H,4,9H2,1-3H3,(H,17,22)(H,23,24)/t10-,14+/m1/s1. The summed E-state index contributed by atoms with van der Waals surface area (Å²) in [6, 6.07) is 5.95. The van der Waals surface area contributed by atoms with Crippen LogP contribution in [0.15, 0.2) is 24.3 Å². The number of aliphatic carboxylic acids is 1. The zero-order valence-electron chi connectivity index (χ0n) is 14.3. The van der Waals surface area contributed by atoms with Crippen LogP contribution in [0.25, 0.3) is 11.4 Å². The quantitative estimate of drug-likeness (QED) is 0.727. The van der Waals surface area contributed by atoms with Gasteiger partial charge >= 0.3 is 5.97 Å². The van der Waals surface area contributed by atoms with Crippen LogP contribution in [0.4, 0.5) is 0 Å². The third kappa shape index (κ3) is 5.00. The van der Waals surface area contributed by atoms with Gasteiger partial charge in [-0.15, -0.1) is 10.2 Å². The van der Waals surface area contributed by atoms with Crippen molar-refractivity contribution < 1.29 is 19.4 Å². The smallest absolute Gasteiger partial charge is 0.326 e. The topological polar surface area (TPSA) is 119 Å². The first-order valence-electron chi connectivity index (χ1n) is 7.90. The predicted octanol–water partition coefficient (Wildman–Crippen LogP) is 0.871. The van der Waals surface area contributed by atoms with E-state index in [1.54, 1.807) is 38.2 Å². The Bertz CT molecular complexity index is 728. The Hall–Kier alpha value is -2.97. The Morgan fingerprint density at radius 2 is 2.00 bits per heavy atom. The molecule has 0 spiro atoms. The lowest BCUT2D eigenvalue weighted by Crippen LogP contribution is -2.46. The number of tetrazole rings is 1. The number of hydrogen-bond donors (Lipinski definition) is 2. The molecular weight excluding hydrogens is 326 g/mol. The molecule has 1 amide bonds. The molecule has 0 unspecified atom stereocenters. The van der Waals surface area contributed by atoms with Crippen LogP contribution >= 0.6 is 0 Å². The number of amides is 1. The number of carboxylic acids is 1. The van der Waals surface area contributed by atoms with Crippen LogP contribution in [-0.4, -0.2) is 49.8 Å². The Morgan fingerprint density at radius 1 is 1.32 bits per heavy atom. The number of nitrogens with zero attached hydrogens (tertiary/aromatic N) is 4. The van der Waals surface area contributed by atoms with E-state index in [0.717, 1.165) is 5.56 Å². The van der Waals surface area contributed by atoms with E-state index in [4.69, 9.17) is 4.74 Å². The summed E-state index contributed by atoms with van der Waals surface area (Å²) in [6.07, 6.45) is 0.649. The lowest BCUT2D eigenvalue weighted by atomic mass is 9.99. The van der Waals surface area contributed by atoms with Gasteiger partial charge in [0.25, 0.3) is 5.91 Å². The van der Waals surface area contributed by atoms with Gasteiger partial charge in [0.15, 0.2) is 6.61 Å². The van der Waals surface area contributed by atoms with Crippen LogP contribution in [0.1, 0.15) is 20.3 Å². The summed E-state index contributed by atoms with van der Waals surface area (Å²) in [6.45, 7) is 3.39. The van der Waals surface area contributed by atoms with Gasteiger partial charge in [-0.05, 0) is 35.4 Å². The highest BCUT2D eigenvalue weighted by atomic mass is 16.5. The molecule has 0 fully saturated rings. The fourth-order valence-corrected chi connectivity index (χ4v) is 2.15. The van der Waals surface area contributed by atoms with Crippen molar-refractivity contribution in [2.24, 2.45) is 13.0 Å². The molecule has 2 aromatic rings. The van der Waals surface area contributed by atoms with Crippen molar-refractivity contribution in [1.29, 1.82) is 0 Å². The molecule has 9 heteroatoms. The summed E-state index contributed by atoms with van der Waals surface area (Å²) in [5, 5.41) is 23.4. The predicted molar refractivity (Wildman–Crippen MR) is 88.8 cm³/mol. The number of carboxylic acid groups (broad SMARTS) is 1. The van der Waals surface area contributed by atoms with E-state index in [0.29, 0.717) is 18.0 Å². The number of ether oxygens (including phenoxy) is 1. The fourth-order valence-electron chi connectivity index (χ4n) is 2.15. The molecule has 134 valence electrons. The number of carbonyl (C=O) groups excluding carboxylic acids is 1. The maximum Gasteiger partial charge on any atom is 0.326 e. The average Bonchev–Trinajstić information content (AvgIpc) is 3.03. The Labute approximate surface area is 145 Å². The first kappa shape index (κ1) is 18.4. The van der Waals surface area contributed by atoms with Gasteiger partial charge in [0.05, 0.1) is 7.05 Å². The molecule has 0 aliphatic carbocycles. The van der Waals surface area contributed by atoms with Crippen LogP contribution in [-0.2, 0) is 16.6 Å². The molecule has 1 aromatic carbocycles. The maximum absolute atomic E-state index is 11.9. The molecule has 0 bridgehead atoms. The summed E-state index contributed by atoms with van der Waals surface area (Å²) in [5.41, 5.74) is 0.771. The van der Waals surface area contributed by atoms with Gasteiger partial charge in [0, 0.05) is 5.56 Å². The number of aryl methyl sites for hydroxylation is 1. The molecule has 9 nitrogen and oxygen atoms in total. The van der Waals surface area contributed by atoms with Crippen LogP contribution in [0.3, 0.4) is 0 Å². The highest BCUT2D eigenvalue weighted by Crippen LogP contribution is 2.18. The third-order valence-corrected chi connectivity index (χ3v) is 3.79. The minimum atomic E-state index is -1.05. The Kier molecular flexibility index (Phi) is 6.04. The van der Waals surface area contributed by atoms with E-state index in [9.17, 15) is 14.7 Å². The molecule has 0 aliphatic rings. The van der Waals surface area contributed by atoms with Gasteiger partial charge in [-0.1, -0.05) is 20.3 Å². The van der Waals surface area contributed by atoms with Crippen molar-refractivity contribution in [1.82, 2.24) is 25.5 Å². The molecule has 0 radical (unpaired) electrons. The number of nitrogens with one attached hydrogen (secondary N) is 1. The zero-order valence-corrected chi connectivity index (χ0v) is 14.3. The van der Waals surface area contributed by atoms with Crippen molar-refractivity contribution >= 4 is 11.9 Å². The molecular formula is C16H21N5O4. The summed E-state index contributed by atoms with van der Waals surface area (Å²) in [7, 11) is 1.68. The van der Waals surface area contributed by atoms with Gasteiger partial charge in [-0.3, -0.25) is 4.79 Å². The number of rotatable bonds is 8. The number of carbonyl (C=O) groups is 2. The highest BCUT2D eigenvalue weighted by Gasteiger charge is 2.25. The monoisotopic (exact) mass is 347 g/mol. The zero-order chi connectivity index (χ0) is 18.4. The van der Waals surface area contributed by atoms with Crippen molar-refractivity contribution in [3.05, 3.63) is 24.3 Å². The molecule has 2 N–H and O–H groups in total. The van der Waals surface area contributed by atoms with E-state index in [-0.39, 0.29) is 12.5 Å². The average molecular weight is 347 g/mol. The normalized spacial score (nSPS) is 13.1. The molecule has 0 aliphatic heterocycles. The number of hydrogen-bond acceptors (Lipinski definition) is 6. The molecule has 25 heavy (non-hydrogen) atoms. The van der Waals surface area contributed by atoms with Gasteiger partial charge in [0.2, 0.25) is 5.82 Å². The fraction of sp³-hybridized carbons (Fsp3) is 0.438. The first-order chi connectivity index (χ1) is 11.9. The van der Waals surface area contributed by atoms with Gasteiger partial charge < -0.3 is 15.2 Å². The van der Waals surface area contributed by atoms with Crippen LogP contribution in [0, 0.1) is 5.92 Å². The SMILES string of the molecule is CC[C@@H](C)[C@H](NC(=O)COc1ccc(-c2nnn(C)n2)cc1)C(=O)O. The summed E-state index contributed by atoms with van der Waals surface area (Å²) in [4.78, 5) is 24.5. The second-order valence-electron chi connectivity index (χ2n) is 5.68. The third-order valence-electron chi connectivity index (χ3n) is 3.79. The lowest BCUT2D eigenvalue weighted by molar-refractivity contribution is -0.143. The van der Waals surface area contributed by atoms with Gasteiger partial charge in [-0.2, -0.15) is 4.80 Å². The molecule has 0 saturated heterocycles. The van der Waals surface area contributed by atoms with Crippen molar-refractivity contribution in [2.75, 3.05) is 6.61 Å². The van der Waals surface area contributed by atoms with E-state index in [2.05, 4.69) is 20.7 Å². The summed E-state index contributed by atoms with van der Waals surface area (Å²) >= 11 is 0. The largest absolute Gasteiger partial charge is 0.484 e. The van der Waals surface area contributed by atoms with Crippen LogP contribution < -0.4 is 10.1 Å². The van der Waals surface area contributed by atoms with Gasteiger partial charge in [0.1, 0.15) is 11.8 Å².